The van der Waals surface area contributed by atoms with E-state index in [0.29, 0.717) is 24.2 Å². The van der Waals surface area contributed by atoms with Gasteiger partial charge in [0.1, 0.15) is 12.2 Å². The van der Waals surface area contributed by atoms with Gasteiger partial charge in [-0.25, -0.2) is 0 Å². The van der Waals surface area contributed by atoms with E-state index in [1.54, 1.807) is 0 Å². The van der Waals surface area contributed by atoms with Gasteiger partial charge in [0.05, 0.1) is 18.4 Å². The first-order chi connectivity index (χ1) is 17.2. The van der Waals surface area contributed by atoms with Crippen LogP contribution in [0.4, 0.5) is 0 Å². The molecule has 0 radical (unpaired) electrons. The second-order valence-corrected chi connectivity index (χ2v) is 11.7. The molecule has 1 heterocycles. The van der Waals surface area contributed by atoms with Crippen LogP contribution in [0.5, 0.6) is 0 Å². The van der Waals surface area contributed by atoms with E-state index in [9.17, 15) is 14.7 Å². The molecule has 8 atom stereocenters. The number of cyclic esters (lactones) is 1. The summed E-state index contributed by atoms with van der Waals surface area (Å²) in [4.78, 5) is 24.2. The summed E-state index contributed by atoms with van der Waals surface area (Å²) in [6.45, 7) is 8.33. The molecule has 6 nitrogen and oxygen atoms in total. The van der Waals surface area contributed by atoms with Crippen molar-refractivity contribution in [3.8, 4) is 0 Å². The predicted octanol–water partition coefficient (Wildman–Crippen LogP) is 6.57. The van der Waals surface area contributed by atoms with Crippen molar-refractivity contribution in [2.24, 2.45) is 29.6 Å². The van der Waals surface area contributed by atoms with E-state index in [2.05, 4.69) is 32.1 Å². The molecule has 0 bridgehead atoms. The molecular weight excluding hydrogens is 454 g/mol. The molecule has 0 aromatic rings. The van der Waals surface area contributed by atoms with Crippen LogP contribution in [0, 0.1) is 29.6 Å². The van der Waals surface area contributed by atoms with Gasteiger partial charge >= 0.3 is 11.9 Å². The fraction of sp³-hybridized carbons (Fsp3) is 0.800. The van der Waals surface area contributed by atoms with E-state index >= 15 is 0 Å². The smallest absolute Gasteiger partial charge is 0.308 e. The van der Waals surface area contributed by atoms with Gasteiger partial charge in [-0.05, 0) is 49.0 Å². The average molecular weight is 503 g/mol. The molecule has 1 saturated carbocycles. The van der Waals surface area contributed by atoms with Gasteiger partial charge < -0.3 is 20.3 Å². The number of esters is 2. The van der Waals surface area contributed by atoms with Crippen LogP contribution in [0.3, 0.4) is 0 Å². The summed E-state index contributed by atoms with van der Waals surface area (Å²) >= 11 is 0. The highest BCUT2D eigenvalue weighted by atomic mass is 16.5. The van der Waals surface area contributed by atoms with Gasteiger partial charge in [0.2, 0.25) is 0 Å². The summed E-state index contributed by atoms with van der Waals surface area (Å²) in [5, 5.41) is 9.89. The molecule has 0 spiro atoms. The van der Waals surface area contributed by atoms with Crippen molar-refractivity contribution in [3.05, 3.63) is 29.5 Å². The molecule has 0 unspecified atom stereocenters. The minimum Gasteiger partial charge on any atom is -0.675 e. The van der Waals surface area contributed by atoms with Crippen LogP contribution in [0.15, 0.2) is 23.8 Å². The highest BCUT2D eigenvalue weighted by molar-refractivity contribution is 5.72. The van der Waals surface area contributed by atoms with Crippen molar-refractivity contribution in [2.75, 3.05) is 0 Å². The van der Waals surface area contributed by atoms with E-state index in [1.807, 2.05) is 13.8 Å². The van der Waals surface area contributed by atoms with E-state index in [-0.39, 0.29) is 48.4 Å². The zero-order valence-corrected chi connectivity index (χ0v) is 22.8. The van der Waals surface area contributed by atoms with Crippen LogP contribution in [0.2, 0.25) is 0 Å². The summed E-state index contributed by atoms with van der Waals surface area (Å²) in [5.41, 5.74) is 8.54. The molecule has 0 aromatic carbocycles. The van der Waals surface area contributed by atoms with Crippen LogP contribution in [-0.4, -0.2) is 41.4 Å². The second kappa shape index (κ2) is 13.8. The van der Waals surface area contributed by atoms with Gasteiger partial charge in [-0.1, -0.05) is 78.0 Å². The first-order valence-corrected chi connectivity index (χ1v) is 14.4. The molecule has 4 rings (SSSR count). The Bertz CT molecular complexity index is 786. The average Bonchev–Trinajstić information content (AvgIpc) is 2.83. The van der Waals surface area contributed by atoms with Crippen molar-refractivity contribution < 1.29 is 24.2 Å². The Morgan fingerprint density at radius 3 is 2.53 bits per heavy atom. The maximum Gasteiger partial charge on any atom is 0.308 e. The standard InChI is InChI=1S/C24H36O5.C6H12N/c1-5-15(3)24(27)29-21-11-14(2)10-17-7-6-16(4)20(23(17)21)9-8-19-12-18(25)13-22(26)28-19;7-6-4-2-1-3-5-6/h6-7,10,14-16,18-21,23,25H,5,8-9,11-13H2,1-4H3;6-7H,1-5H2/q;-1/t14-,15-,16-,18+,19+,20-,21-,23-;/m0./s1. The van der Waals surface area contributed by atoms with Gasteiger partial charge in [0, 0.05) is 12.3 Å². The lowest BCUT2D eigenvalue weighted by Crippen LogP contribution is -2.42. The number of nitrogens with one attached hydrogen (secondary N) is 1. The third-order valence-electron chi connectivity index (χ3n) is 8.54. The number of fused-ring (bicyclic) bond motifs is 1. The van der Waals surface area contributed by atoms with Gasteiger partial charge in [0.25, 0.3) is 0 Å². The van der Waals surface area contributed by atoms with Crippen LogP contribution in [-0.2, 0) is 19.1 Å². The summed E-state index contributed by atoms with van der Waals surface area (Å²) in [7, 11) is 0. The molecule has 36 heavy (non-hydrogen) atoms. The third-order valence-corrected chi connectivity index (χ3v) is 8.54. The van der Waals surface area contributed by atoms with Crippen LogP contribution in [0.25, 0.3) is 5.73 Å². The van der Waals surface area contributed by atoms with E-state index in [4.69, 9.17) is 15.2 Å². The van der Waals surface area contributed by atoms with Crippen molar-refractivity contribution in [1.29, 1.82) is 0 Å². The Hall–Kier alpha value is -1.66. The Balaban J connectivity index is 0.000000444. The number of ether oxygens (including phenoxy) is 2. The summed E-state index contributed by atoms with van der Waals surface area (Å²) in [5.74, 6) is 0.755. The SMILES string of the molecule is CC[C@H](C)C(=O)O[C@H]1C[C@@H](C)C=C2C=C[C@H](C)[C@H](CC[C@@H]3C[C@@H](O)CC(=O)O3)[C@H]21.[NH-]C1CCCCC1. The molecule has 1 aliphatic heterocycles. The molecule has 2 N–H and O–H groups in total. The quantitative estimate of drug-likeness (QED) is 0.415. The molecule has 1 saturated heterocycles. The lowest BCUT2D eigenvalue weighted by molar-refractivity contribution is -0.162. The predicted molar refractivity (Wildman–Crippen MR) is 142 cm³/mol. The monoisotopic (exact) mass is 502 g/mol. The second-order valence-electron chi connectivity index (χ2n) is 11.7. The number of rotatable bonds is 6. The molecule has 204 valence electrons. The third kappa shape index (κ3) is 8.17. The Labute approximate surface area is 218 Å². The molecule has 0 aromatic heterocycles. The van der Waals surface area contributed by atoms with E-state index in [1.165, 1.54) is 24.8 Å². The number of carbonyl (C=O) groups excluding carboxylic acids is 2. The van der Waals surface area contributed by atoms with Gasteiger partial charge in [-0.15, -0.1) is 6.04 Å². The van der Waals surface area contributed by atoms with Gasteiger partial charge in [0.15, 0.2) is 0 Å². The van der Waals surface area contributed by atoms with Crippen LogP contribution < -0.4 is 0 Å². The highest BCUT2D eigenvalue weighted by Crippen LogP contribution is 2.45. The van der Waals surface area contributed by atoms with Crippen molar-refractivity contribution in [2.45, 2.75) is 123 Å². The zero-order chi connectivity index (χ0) is 26.2. The van der Waals surface area contributed by atoms with E-state index in [0.717, 1.165) is 38.5 Å². The normalized spacial score (nSPS) is 35.4. The molecule has 3 aliphatic carbocycles. The molecule has 2 fully saturated rings. The number of aliphatic hydroxyl groups excluding tert-OH is 1. The largest absolute Gasteiger partial charge is 0.675 e. The van der Waals surface area contributed by atoms with Gasteiger partial charge in [-0.2, -0.15) is 0 Å². The Morgan fingerprint density at radius 2 is 1.92 bits per heavy atom. The summed E-state index contributed by atoms with van der Waals surface area (Å²) < 4.78 is 11.5. The lowest BCUT2D eigenvalue weighted by Gasteiger charge is -2.43. The van der Waals surface area contributed by atoms with Crippen LogP contribution in [0.1, 0.15) is 98.3 Å². The maximum absolute atomic E-state index is 12.5. The van der Waals surface area contributed by atoms with Gasteiger partial charge in [-0.3, -0.25) is 9.59 Å². The fourth-order valence-electron chi connectivity index (χ4n) is 6.17. The number of allylic oxidation sites excluding steroid dienone is 3. The Kier molecular flexibility index (Phi) is 11.0. The van der Waals surface area contributed by atoms with Crippen LogP contribution >= 0.6 is 0 Å². The zero-order valence-electron chi connectivity index (χ0n) is 22.8. The Morgan fingerprint density at radius 1 is 1.19 bits per heavy atom. The van der Waals surface area contributed by atoms with E-state index < -0.39 is 6.10 Å². The maximum atomic E-state index is 12.5. The highest BCUT2D eigenvalue weighted by Gasteiger charge is 2.42. The fourth-order valence-corrected chi connectivity index (χ4v) is 6.17. The lowest BCUT2D eigenvalue weighted by atomic mass is 9.65. The first kappa shape index (κ1) is 28.9. The molecular formula is C30H48NO5-. The van der Waals surface area contributed by atoms with Crippen molar-refractivity contribution in [1.82, 2.24) is 0 Å². The molecule has 0 amide bonds. The van der Waals surface area contributed by atoms with Crippen molar-refractivity contribution in [3.63, 3.8) is 0 Å². The number of hydrogen-bond acceptors (Lipinski definition) is 5. The molecule has 6 heteroatoms. The number of hydrogen-bond donors (Lipinski definition) is 1. The number of carbonyl (C=O) groups is 2. The summed E-state index contributed by atoms with van der Waals surface area (Å²) in [6, 6.07) is 0.286. The minimum atomic E-state index is -0.597. The topological polar surface area (TPSA) is 96.6 Å². The first-order valence-electron chi connectivity index (χ1n) is 14.4. The number of aliphatic hydroxyl groups is 1. The summed E-state index contributed by atoms with van der Waals surface area (Å²) in [6.07, 6.45) is 16.0. The van der Waals surface area contributed by atoms with Crippen molar-refractivity contribution >= 4 is 11.9 Å². The molecule has 4 aliphatic rings. The minimum absolute atomic E-state index is 0.0854.